The molecule has 0 aliphatic rings. The Kier molecular flexibility index (Phi) is 7.37. The summed E-state index contributed by atoms with van der Waals surface area (Å²) in [6.45, 7) is 5.02. The average molecular weight is 442 g/mol. The van der Waals surface area contributed by atoms with E-state index in [1.807, 2.05) is 18.2 Å². The van der Waals surface area contributed by atoms with Gasteiger partial charge in [-0.3, -0.25) is 4.98 Å². The van der Waals surface area contributed by atoms with Gasteiger partial charge in [0.15, 0.2) is 0 Å². The quantitative estimate of drug-likeness (QED) is 0.339. The first-order valence-corrected chi connectivity index (χ1v) is 11.2. The summed E-state index contributed by atoms with van der Waals surface area (Å²) in [7, 11) is 0. The number of pyridine rings is 1. The molecule has 33 heavy (non-hydrogen) atoms. The molecule has 2 N–H and O–H groups in total. The lowest BCUT2D eigenvalue weighted by molar-refractivity contribution is 0.460. The van der Waals surface area contributed by atoms with Crippen LogP contribution < -0.4 is 10.6 Å². The van der Waals surface area contributed by atoms with Crippen LogP contribution in [0.25, 0.3) is 22.4 Å². The molecule has 0 amide bonds. The van der Waals surface area contributed by atoms with E-state index in [0.29, 0.717) is 18.5 Å². The molecule has 1 unspecified atom stereocenters. The van der Waals surface area contributed by atoms with Crippen molar-refractivity contribution < 1.29 is 4.39 Å². The van der Waals surface area contributed by atoms with Gasteiger partial charge in [-0.2, -0.15) is 0 Å². The zero-order valence-corrected chi connectivity index (χ0v) is 18.9. The zero-order chi connectivity index (χ0) is 23.0. The molecule has 0 aliphatic carbocycles. The highest BCUT2D eigenvalue weighted by molar-refractivity contribution is 5.80. The first-order valence-electron chi connectivity index (χ1n) is 11.2. The van der Waals surface area contributed by atoms with E-state index in [0.717, 1.165) is 28.8 Å². The predicted molar refractivity (Wildman–Crippen MR) is 131 cm³/mol. The summed E-state index contributed by atoms with van der Waals surface area (Å²) in [4.78, 5) is 13.5. The van der Waals surface area contributed by atoms with Gasteiger partial charge in [-0.05, 0) is 41.8 Å². The maximum absolute atomic E-state index is 13.4. The molecular formula is C27H28FN5. The minimum Gasteiger partial charge on any atom is -0.354 e. The van der Waals surface area contributed by atoms with Crippen LogP contribution in [0.15, 0.2) is 85.3 Å². The molecule has 0 bridgehead atoms. The first kappa shape index (κ1) is 22.6. The van der Waals surface area contributed by atoms with E-state index in [9.17, 15) is 4.39 Å². The van der Waals surface area contributed by atoms with E-state index in [2.05, 4.69) is 58.7 Å². The Balaban J connectivity index is 1.55. The van der Waals surface area contributed by atoms with Crippen molar-refractivity contribution in [3.8, 4) is 22.4 Å². The van der Waals surface area contributed by atoms with E-state index >= 15 is 0 Å². The van der Waals surface area contributed by atoms with Gasteiger partial charge in [0, 0.05) is 48.3 Å². The molecule has 4 rings (SSSR count). The third-order valence-electron chi connectivity index (χ3n) is 5.35. The second-order valence-electron chi connectivity index (χ2n) is 8.20. The summed E-state index contributed by atoms with van der Waals surface area (Å²) in [5, 5.41) is 7.01. The van der Waals surface area contributed by atoms with Crippen LogP contribution in [0.1, 0.15) is 31.9 Å². The van der Waals surface area contributed by atoms with Crippen molar-refractivity contribution in [2.45, 2.75) is 32.4 Å². The van der Waals surface area contributed by atoms with Crippen molar-refractivity contribution in [3.63, 3.8) is 0 Å². The molecule has 4 aromatic rings. The summed E-state index contributed by atoms with van der Waals surface area (Å²) >= 11 is 0. The second kappa shape index (κ2) is 10.8. The van der Waals surface area contributed by atoms with Crippen molar-refractivity contribution in [3.05, 3.63) is 96.7 Å². The maximum Gasteiger partial charge on any atom is 0.223 e. The molecule has 0 radical (unpaired) electrons. The highest BCUT2D eigenvalue weighted by Crippen LogP contribution is 2.30. The molecule has 1 atom stereocenters. The molecule has 0 aliphatic heterocycles. The summed E-state index contributed by atoms with van der Waals surface area (Å²) in [5.74, 6) is 0.287. The highest BCUT2D eigenvalue weighted by Gasteiger charge is 2.14. The van der Waals surface area contributed by atoms with Gasteiger partial charge < -0.3 is 10.6 Å². The number of hydrogen-bond donors (Lipinski definition) is 2. The van der Waals surface area contributed by atoms with Crippen LogP contribution in [0.2, 0.25) is 0 Å². The van der Waals surface area contributed by atoms with E-state index in [1.165, 1.54) is 17.7 Å². The standard InChI is InChI=1S/C27H28FN5/c1-19(2)32-25(21-6-4-3-5-7-21)14-17-30-27-31-18-24(20-8-10-23(28)11-9-20)26(33-27)22-12-15-29-16-13-22/h3-13,15-16,18-19,25,32H,14,17H2,1-2H3,(H,30,31,33). The van der Waals surface area contributed by atoms with Crippen LogP contribution in [0.4, 0.5) is 10.3 Å². The maximum atomic E-state index is 13.4. The number of anilines is 1. The van der Waals surface area contributed by atoms with Crippen LogP contribution in [0.3, 0.4) is 0 Å². The molecule has 2 aromatic carbocycles. The van der Waals surface area contributed by atoms with Gasteiger partial charge in [-0.15, -0.1) is 0 Å². The van der Waals surface area contributed by atoms with Crippen LogP contribution in [-0.2, 0) is 0 Å². The predicted octanol–water partition coefficient (Wildman–Crippen LogP) is 5.89. The molecular weight excluding hydrogens is 413 g/mol. The third-order valence-corrected chi connectivity index (χ3v) is 5.35. The van der Waals surface area contributed by atoms with E-state index in [-0.39, 0.29) is 11.9 Å². The number of hydrogen-bond acceptors (Lipinski definition) is 5. The molecule has 2 aromatic heterocycles. The second-order valence-corrected chi connectivity index (χ2v) is 8.20. The number of nitrogens with one attached hydrogen (secondary N) is 2. The van der Waals surface area contributed by atoms with Gasteiger partial charge in [0.05, 0.1) is 5.69 Å². The minimum absolute atomic E-state index is 0.233. The number of aromatic nitrogens is 3. The van der Waals surface area contributed by atoms with Gasteiger partial charge in [0.1, 0.15) is 5.82 Å². The largest absolute Gasteiger partial charge is 0.354 e. The topological polar surface area (TPSA) is 62.7 Å². The van der Waals surface area contributed by atoms with Gasteiger partial charge in [0.25, 0.3) is 0 Å². The molecule has 2 heterocycles. The number of benzene rings is 2. The molecule has 0 saturated heterocycles. The number of rotatable bonds is 9. The number of nitrogens with zero attached hydrogens (tertiary/aromatic N) is 3. The van der Waals surface area contributed by atoms with Crippen LogP contribution in [0, 0.1) is 5.82 Å². The zero-order valence-electron chi connectivity index (χ0n) is 18.9. The van der Waals surface area contributed by atoms with Crippen LogP contribution in [0.5, 0.6) is 0 Å². The van der Waals surface area contributed by atoms with E-state index in [4.69, 9.17) is 4.98 Å². The first-order chi connectivity index (χ1) is 16.1. The van der Waals surface area contributed by atoms with Crippen LogP contribution in [-0.4, -0.2) is 27.5 Å². The Hall–Kier alpha value is -3.64. The van der Waals surface area contributed by atoms with Crippen molar-refractivity contribution in [1.29, 1.82) is 0 Å². The number of halogens is 1. The molecule has 6 heteroatoms. The SMILES string of the molecule is CC(C)NC(CCNc1ncc(-c2ccc(F)cc2)c(-c2ccncc2)n1)c1ccccc1. The Morgan fingerprint density at radius 2 is 1.61 bits per heavy atom. The fraction of sp³-hybridized carbons (Fsp3) is 0.222. The molecule has 0 saturated carbocycles. The monoisotopic (exact) mass is 441 g/mol. The third kappa shape index (κ3) is 5.99. The van der Waals surface area contributed by atoms with Gasteiger partial charge in [0.2, 0.25) is 5.95 Å². The molecule has 0 fully saturated rings. The van der Waals surface area contributed by atoms with Crippen molar-refractivity contribution in [2.75, 3.05) is 11.9 Å². The van der Waals surface area contributed by atoms with Crippen molar-refractivity contribution >= 4 is 5.95 Å². The summed E-state index contributed by atoms with van der Waals surface area (Å²) in [5.41, 5.74) is 4.67. The summed E-state index contributed by atoms with van der Waals surface area (Å²) < 4.78 is 13.4. The Labute approximate surface area is 194 Å². The van der Waals surface area contributed by atoms with Crippen molar-refractivity contribution in [1.82, 2.24) is 20.3 Å². The van der Waals surface area contributed by atoms with E-state index < -0.39 is 0 Å². The lowest BCUT2D eigenvalue weighted by Gasteiger charge is -2.22. The molecule has 168 valence electrons. The minimum atomic E-state index is -0.272. The fourth-order valence-electron chi connectivity index (χ4n) is 3.80. The Morgan fingerprint density at radius 3 is 2.30 bits per heavy atom. The smallest absolute Gasteiger partial charge is 0.223 e. The summed E-state index contributed by atoms with van der Waals surface area (Å²) in [6, 6.07) is 21.3. The van der Waals surface area contributed by atoms with Crippen LogP contribution >= 0.6 is 0 Å². The fourth-order valence-corrected chi connectivity index (χ4v) is 3.80. The lowest BCUT2D eigenvalue weighted by atomic mass is 10.0. The summed E-state index contributed by atoms with van der Waals surface area (Å²) in [6.07, 6.45) is 6.15. The van der Waals surface area contributed by atoms with E-state index in [1.54, 1.807) is 30.7 Å². The van der Waals surface area contributed by atoms with Gasteiger partial charge in [-0.25, -0.2) is 14.4 Å². The molecule has 0 spiro atoms. The Bertz CT molecular complexity index is 1150. The Morgan fingerprint density at radius 1 is 0.879 bits per heavy atom. The molecule has 5 nitrogen and oxygen atoms in total. The highest BCUT2D eigenvalue weighted by atomic mass is 19.1. The van der Waals surface area contributed by atoms with Gasteiger partial charge in [-0.1, -0.05) is 56.3 Å². The van der Waals surface area contributed by atoms with Crippen molar-refractivity contribution in [2.24, 2.45) is 0 Å². The normalized spacial score (nSPS) is 12.0. The average Bonchev–Trinajstić information content (AvgIpc) is 2.85. The lowest BCUT2D eigenvalue weighted by Crippen LogP contribution is -2.29. The van der Waals surface area contributed by atoms with Gasteiger partial charge >= 0.3 is 0 Å².